The van der Waals surface area contributed by atoms with Gasteiger partial charge in [0, 0.05) is 6.04 Å². The first kappa shape index (κ1) is 13.6. The lowest BCUT2D eigenvalue weighted by Crippen LogP contribution is -2.41. The Morgan fingerprint density at radius 1 is 1.11 bits per heavy atom. The highest BCUT2D eigenvalue weighted by Crippen LogP contribution is 2.36. The molecule has 0 unspecified atom stereocenters. The molecule has 1 aliphatic heterocycles. The highest BCUT2D eigenvalue weighted by atomic mass is 16.7. The largest absolute Gasteiger partial charge is 0.494 e. The van der Waals surface area contributed by atoms with Gasteiger partial charge >= 0.3 is 7.12 Å². The van der Waals surface area contributed by atoms with Gasteiger partial charge in [-0.15, -0.1) is 0 Å². The van der Waals surface area contributed by atoms with Gasteiger partial charge in [0.1, 0.15) is 0 Å². The van der Waals surface area contributed by atoms with Crippen molar-refractivity contribution in [2.75, 3.05) is 0 Å². The van der Waals surface area contributed by atoms with E-state index in [1.54, 1.807) is 0 Å². The summed E-state index contributed by atoms with van der Waals surface area (Å²) in [6.07, 6.45) is 0. The van der Waals surface area contributed by atoms with Gasteiger partial charge in [-0.1, -0.05) is 24.3 Å². The third kappa shape index (κ3) is 2.33. The molecule has 1 aromatic rings. The molecule has 1 saturated heterocycles. The first-order chi connectivity index (χ1) is 8.23. The van der Waals surface area contributed by atoms with E-state index in [-0.39, 0.29) is 24.4 Å². The van der Waals surface area contributed by atoms with Crippen molar-refractivity contribution in [2.24, 2.45) is 5.73 Å². The quantitative estimate of drug-likeness (QED) is 0.813. The molecule has 0 aliphatic carbocycles. The second kappa shape index (κ2) is 4.37. The molecule has 1 fully saturated rings. The minimum atomic E-state index is -0.311. The van der Waals surface area contributed by atoms with Crippen LogP contribution in [0.1, 0.15) is 46.2 Å². The molecule has 0 aromatic heterocycles. The average Bonchev–Trinajstić information content (AvgIpc) is 2.48. The van der Waals surface area contributed by atoms with Gasteiger partial charge in [0.15, 0.2) is 0 Å². The van der Waals surface area contributed by atoms with Gasteiger partial charge in [-0.05, 0) is 45.6 Å². The van der Waals surface area contributed by atoms with Crippen LogP contribution in [0.3, 0.4) is 0 Å². The summed E-state index contributed by atoms with van der Waals surface area (Å²) >= 11 is 0. The Bertz CT molecular complexity index is 427. The molecule has 2 N–H and O–H groups in total. The summed E-state index contributed by atoms with van der Waals surface area (Å²) in [6, 6.07) is 8.13. The normalized spacial score (nSPS) is 23.1. The van der Waals surface area contributed by atoms with E-state index >= 15 is 0 Å². The summed E-state index contributed by atoms with van der Waals surface area (Å²) in [7, 11) is -0.311. The monoisotopic (exact) mass is 247 g/mol. The smallest absolute Gasteiger partial charge is 0.399 e. The zero-order valence-corrected chi connectivity index (χ0v) is 11.9. The zero-order valence-electron chi connectivity index (χ0n) is 11.9. The number of hydrogen-bond donors (Lipinski definition) is 1. The fourth-order valence-corrected chi connectivity index (χ4v) is 1.97. The fraction of sp³-hybridized carbons (Fsp3) is 0.571. The maximum Gasteiger partial charge on any atom is 0.494 e. The van der Waals surface area contributed by atoms with E-state index in [9.17, 15) is 0 Å². The Labute approximate surface area is 110 Å². The number of hydrogen-bond acceptors (Lipinski definition) is 3. The van der Waals surface area contributed by atoms with Crippen molar-refractivity contribution in [1.82, 2.24) is 0 Å². The van der Waals surface area contributed by atoms with Crippen LogP contribution in [0.15, 0.2) is 24.3 Å². The van der Waals surface area contributed by atoms with Gasteiger partial charge in [0.05, 0.1) is 11.2 Å². The van der Waals surface area contributed by atoms with Crippen molar-refractivity contribution >= 4 is 12.6 Å². The first-order valence-corrected chi connectivity index (χ1v) is 6.44. The summed E-state index contributed by atoms with van der Waals surface area (Å²) in [5.74, 6) is 0. The average molecular weight is 247 g/mol. The van der Waals surface area contributed by atoms with E-state index in [0.717, 1.165) is 11.0 Å². The third-order valence-electron chi connectivity index (χ3n) is 3.96. The van der Waals surface area contributed by atoms with Gasteiger partial charge in [0.2, 0.25) is 0 Å². The highest BCUT2D eigenvalue weighted by Gasteiger charge is 2.51. The molecule has 0 radical (unpaired) electrons. The number of benzene rings is 1. The van der Waals surface area contributed by atoms with Gasteiger partial charge < -0.3 is 15.0 Å². The van der Waals surface area contributed by atoms with Gasteiger partial charge in [-0.3, -0.25) is 0 Å². The Kier molecular flexibility index (Phi) is 3.30. The van der Waals surface area contributed by atoms with Crippen molar-refractivity contribution < 1.29 is 9.31 Å². The molecule has 0 amide bonds. The van der Waals surface area contributed by atoms with E-state index in [2.05, 4.69) is 33.8 Å². The van der Waals surface area contributed by atoms with E-state index in [1.165, 1.54) is 0 Å². The first-order valence-electron chi connectivity index (χ1n) is 6.44. The van der Waals surface area contributed by atoms with Crippen LogP contribution < -0.4 is 11.2 Å². The predicted octanol–water partition coefficient (Wildman–Crippen LogP) is 2.01. The Morgan fingerprint density at radius 3 is 2.17 bits per heavy atom. The highest BCUT2D eigenvalue weighted by molar-refractivity contribution is 6.62. The molecule has 1 heterocycles. The van der Waals surface area contributed by atoms with Crippen molar-refractivity contribution in [3.63, 3.8) is 0 Å². The molecule has 0 bridgehead atoms. The maximum atomic E-state index is 6.02. The Morgan fingerprint density at radius 2 is 1.67 bits per heavy atom. The Balaban J connectivity index is 2.27. The lowest BCUT2D eigenvalue weighted by molar-refractivity contribution is 0.00578. The minimum Gasteiger partial charge on any atom is -0.399 e. The van der Waals surface area contributed by atoms with Crippen molar-refractivity contribution in [2.45, 2.75) is 51.9 Å². The molecule has 0 spiro atoms. The predicted molar refractivity (Wildman–Crippen MR) is 74.8 cm³/mol. The van der Waals surface area contributed by atoms with Crippen molar-refractivity contribution in [3.8, 4) is 0 Å². The van der Waals surface area contributed by atoms with Crippen LogP contribution in [-0.2, 0) is 9.31 Å². The summed E-state index contributed by atoms with van der Waals surface area (Å²) in [5.41, 5.74) is 7.43. The standard InChI is InChI=1S/C14H22BNO2/c1-10(16)11-7-6-8-12(9-11)15-17-13(2,3)14(4,5)18-15/h6-10H,16H2,1-5H3/t10-/m0/s1. The maximum absolute atomic E-state index is 6.02. The summed E-state index contributed by atoms with van der Waals surface area (Å²) in [4.78, 5) is 0. The summed E-state index contributed by atoms with van der Waals surface area (Å²) < 4.78 is 12.0. The van der Waals surface area contributed by atoms with Crippen LogP contribution in [0.25, 0.3) is 0 Å². The van der Waals surface area contributed by atoms with E-state index < -0.39 is 0 Å². The summed E-state index contributed by atoms with van der Waals surface area (Å²) in [5, 5.41) is 0. The molecule has 1 aliphatic rings. The van der Waals surface area contributed by atoms with Gasteiger partial charge in [0.25, 0.3) is 0 Å². The molecule has 2 rings (SSSR count). The fourth-order valence-electron chi connectivity index (χ4n) is 1.97. The molecule has 0 saturated carbocycles. The molecule has 4 heteroatoms. The van der Waals surface area contributed by atoms with E-state index in [0.29, 0.717) is 0 Å². The number of rotatable bonds is 2. The zero-order chi connectivity index (χ0) is 13.6. The van der Waals surface area contributed by atoms with Crippen LogP contribution in [-0.4, -0.2) is 18.3 Å². The second-order valence-electron chi connectivity index (χ2n) is 6.05. The molecular weight excluding hydrogens is 225 g/mol. The Hall–Kier alpha value is -0.835. The van der Waals surface area contributed by atoms with E-state index in [1.807, 2.05) is 25.1 Å². The lowest BCUT2D eigenvalue weighted by Gasteiger charge is -2.32. The lowest BCUT2D eigenvalue weighted by atomic mass is 9.78. The SMILES string of the molecule is C[C@H](N)c1cccc(B2OC(C)(C)C(C)(C)O2)c1. The minimum absolute atomic E-state index is 0.0207. The van der Waals surface area contributed by atoms with Crippen LogP contribution in [0.5, 0.6) is 0 Å². The molecule has 1 atom stereocenters. The van der Waals surface area contributed by atoms with E-state index in [4.69, 9.17) is 15.0 Å². The number of nitrogens with two attached hydrogens (primary N) is 1. The van der Waals surface area contributed by atoms with Crippen molar-refractivity contribution in [3.05, 3.63) is 29.8 Å². The second-order valence-corrected chi connectivity index (χ2v) is 6.05. The topological polar surface area (TPSA) is 44.5 Å². The summed E-state index contributed by atoms with van der Waals surface area (Å²) in [6.45, 7) is 10.2. The molecule has 3 nitrogen and oxygen atoms in total. The van der Waals surface area contributed by atoms with Crippen LogP contribution in [0.2, 0.25) is 0 Å². The van der Waals surface area contributed by atoms with Crippen molar-refractivity contribution in [1.29, 1.82) is 0 Å². The molecule has 98 valence electrons. The van der Waals surface area contributed by atoms with Crippen LogP contribution >= 0.6 is 0 Å². The molecule has 1 aromatic carbocycles. The molecule has 18 heavy (non-hydrogen) atoms. The van der Waals surface area contributed by atoms with Crippen LogP contribution in [0.4, 0.5) is 0 Å². The third-order valence-corrected chi connectivity index (χ3v) is 3.96. The van der Waals surface area contributed by atoms with Crippen LogP contribution in [0, 0.1) is 0 Å². The van der Waals surface area contributed by atoms with Gasteiger partial charge in [-0.2, -0.15) is 0 Å². The van der Waals surface area contributed by atoms with Gasteiger partial charge in [-0.25, -0.2) is 0 Å². The molecular formula is C14H22BNO2.